The molecular weight excluding hydrogens is 328 g/mol. The van der Waals surface area contributed by atoms with Crippen molar-refractivity contribution < 1.29 is 14.3 Å². The van der Waals surface area contributed by atoms with Gasteiger partial charge in [-0.05, 0) is 55.9 Å². The van der Waals surface area contributed by atoms with E-state index in [1.54, 1.807) is 12.5 Å². The van der Waals surface area contributed by atoms with Crippen LogP contribution in [0.4, 0.5) is 0 Å². The Bertz CT molecular complexity index is 893. The summed E-state index contributed by atoms with van der Waals surface area (Å²) in [4.78, 5) is 16.9. The van der Waals surface area contributed by atoms with Gasteiger partial charge in [-0.1, -0.05) is 12.1 Å². The van der Waals surface area contributed by atoms with Gasteiger partial charge in [0.25, 0.3) is 5.91 Å². The predicted octanol–water partition coefficient (Wildman–Crippen LogP) is 3.78. The number of nitrogens with one attached hydrogen (secondary N) is 1. The SMILES string of the molecule is O=C(N[C@H]1CC[C@H](CO)CC1)c1ccc(-c2nccc3occc23)cc1. The molecule has 0 spiro atoms. The first-order chi connectivity index (χ1) is 12.7. The Morgan fingerprint density at radius 1 is 1.12 bits per heavy atom. The van der Waals surface area contributed by atoms with Gasteiger partial charge < -0.3 is 14.8 Å². The lowest BCUT2D eigenvalue weighted by atomic mass is 9.86. The fourth-order valence-electron chi connectivity index (χ4n) is 3.66. The van der Waals surface area contributed by atoms with Crippen molar-refractivity contribution in [1.82, 2.24) is 10.3 Å². The molecule has 1 aliphatic rings. The number of nitrogens with zero attached hydrogens (tertiary/aromatic N) is 1. The maximum absolute atomic E-state index is 12.5. The molecule has 134 valence electrons. The van der Waals surface area contributed by atoms with Crippen molar-refractivity contribution in [2.75, 3.05) is 6.61 Å². The molecule has 1 saturated carbocycles. The molecule has 0 bridgehead atoms. The first-order valence-corrected chi connectivity index (χ1v) is 9.09. The van der Waals surface area contributed by atoms with Crippen molar-refractivity contribution in [1.29, 1.82) is 0 Å². The van der Waals surface area contributed by atoms with Gasteiger partial charge in [0.05, 0.1) is 12.0 Å². The molecule has 0 saturated heterocycles. The summed E-state index contributed by atoms with van der Waals surface area (Å²) in [7, 11) is 0. The number of carbonyl (C=O) groups is 1. The maximum Gasteiger partial charge on any atom is 0.251 e. The molecule has 0 unspecified atom stereocenters. The van der Waals surface area contributed by atoms with Crippen LogP contribution in [-0.2, 0) is 0 Å². The minimum atomic E-state index is -0.0431. The molecule has 2 heterocycles. The Labute approximate surface area is 152 Å². The standard InChI is InChI=1S/C21H22N2O3/c24-13-14-1-7-17(8-2-14)23-21(25)16-5-3-15(4-6-16)20-18-10-12-26-19(18)9-11-22-20/h3-6,9-12,14,17,24H,1-2,7-8,13H2,(H,23,25)/t14-,17-. The maximum atomic E-state index is 12.5. The van der Waals surface area contributed by atoms with Gasteiger partial charge in [-0.3, -0.25) is 9.78 Å². The Kier molecular flexibility index (Phi) is 4.71. The van der Waals surface area contributed by atoms with E-state index in [1.165, 1.54) is 0 Å². The van der Waals surface area contributed by atoms with E-state index in [1.807, 2.05) is 36.4 Å². The van der Waals surface area contributed by atoms with Crippen LogP contribution in [0.3, 0.4) is 0 Å². The molecule has 1 fully saturated rings. The molecule has 4 rings (SSSR count). The number of hydrogen-bond donors (Lipinski definition) is 2. The molecule has 3 aromatic rings. The van der Waals surface area contributed by atoms with Crippen LogP contribution < -0.4 is 5.32 Å². The third kappa shape index (κ3) is 3.35. The third-order valence-electron chi connectivity index (χ3n) is 5.24. The van der Waals surface area contributed by atoms with Crippen LogP contribution in [0.5, 0.6) is 0 Å². The second kappa shape index (κ2) is 7.30. The van der Waals surface area contributed by atoms with Crippen molar-refractivity contribution in [3.8, 4) is 11.3 Å². The van der Waals surface area contributed by atoms with Crippen molar-refractivity contribution >= 4 is 16.9 Å². The molecule has 1 amide bonds. The highest BCUT2D eigenvalue weighted by Crippen LogP contribution is 2.27. The van der Waals surface area contributed by atoms with Crippen LogP contribution in [0.15, 0.2) is 53.3 Å². The highest BCUT2D eigenvalue weighted by atomic mass is 16.3. The van der Waals surface area contributed by atoms with Crippen LogP contribution in [0.2, 0.25) is 0 Å². The van der Waals surface area contributed by atoms with Gasteiger partial charge in [0.2, 0.25) is 0 Å². The van der Waals surface area contributed by atoms with E-state index in [2.05, 4.69) is 10.3 Å². The fraction of sp³-hybridized carbons (Fsp3) is 0.333. The minimum Gasteiger partial charge on any atom is -0.464 e. The summed E-state index contributed by atoms with van der Waals surface area (Å²) in [6.07, 6.45) is 7.19. The number of furan rings is 1. The number of fused-ring (bicyclic) bond motifs is 1. The number of pyridine rings is 1. The van der Waals surface area contributed by atoms with Gasteiger partial charge in [0, 0.05) is 35.4 Å². The van der Waals surface area contributed by atoms with Crippen molar-refractivity contribution in [3.63, 3.8) is 0 Å². The van der Waals surface area contributed by atoms with Gasteiger partial charge in [-0.2, -0.15) is 0 Å². The van der Waals surface area contributed by atoms with Crippen LogP contribution in [0.1, 0.15) is 36.0 Å². The predicted molar refractivity (Wildman–Crippen MR) is 99.7 cm³/mol. The summed E-state index contributed by atoms with van der Waals surface area (Å²) in [5.41, 5.74) is 3.26. The van der Waals surface area contributed by atoms with E-state index in [-0.39, 0.29) is 18.6 Å². The second-order valence-electron chi connectivity index (χ2n) is 6.94. The number of aromatic nitrogens is 1. The lowest BCUT2D eigenvalue weighted by Crippen LogP contribution is -2.38. The number of aliphatic hydroxyl groups excluding tert-OH is 1. The largest absolute Gasteiger partial charge is 0.464 e. The third-order valence-corrected chi connectivity index (χ3v) is 5.24. The zero-order chi connectivity index (χ0) is 17.9. The van der Waals surface area contributed by atoms with Crippen molar-refractivity contribution in [2.45, 2.75) is 31.7 Å². The van der Waals surface area contributed by atoms with E-state index in [0.29, 0.717) is 11.5 Å². The van der Waals surface area contributed by atoms with Gasteiger partial charge in [0.15, 0.2) is 0 Å². The molecule has 0 radical (unpaired) electrons. The quantitative estimate of drug-likeness (QED) is 0.751. The highest BCUT2D eigenvalue weighted by Gasteiger charge is 2.22. The first kappa shape index (κ1) is 16.8. The highest BCUT2D eigenvalue weighted by molar-refractivity contribution is 5.96. The van der Waals surface area contributed by atoms with E-state index in [0.717, 1.165) is 47.9 Å². The minimum absolute atomic E-state index is 0.0431. The van der Waals surface area contributed by atoms with Crippen LogP contribution in [0.25, 0.3) is 22.2 Å². The number of benzene rings is 1. The summed E-state index contributed by atoms with van der Waals surface area (Å²) >= 11 is 0. The molecule has 5 nitrogen and oxygen atoms in total. The number of amides is 1. The summed E-state index contributed by atoms with van der Waals surface area (Å²) in [6, 6.07) is 11.5. The van der Waals surface area contributed by atoms with Crippen LogP contribution >= 0.6 is 0 Å². The Morgan fingerprint density at radius 3 is 2.62 bits per heavy atom. The van der Waals surface area contributed by atoms with Crippen molar-refractivity contribution in [2.24, 2.45) is 5.92 Å². The average molecular weight is 350 g/mol. The topological polar surface area (TPSA) is 75.4 Å². The molecule has 2 N–H and O–H groups in total. The van der Waals surface area contributed by atoms with Crippen molar-refractivity contribution in [3.05, 3.63) is 54.4 Å². The van der Waals surface area contributed by atoms with Gasteiger partial charge >= 0.3 is 0 Å². The van der Waals surface area contributed by atoms with Crippen LogP contribution in [-0.4, -0.2) is 28.6 Å². The number of hydrogen-bond acceptors (Lipinski definition) is 4. The molecule has 2 aromatic heterocycles. The summed E-state index contributed by atoms with van der Waals surface area (Å²) in [5, 5.41) is 13.3. The second-order valence-corrected chi connectivity index (χ2v) is 6.94. The zero-order valence-corrected chi connectivity index (χ0v) is 14.5. The van der Waals surface area contributed by atoms with Gasteiger partial charge in [-0.15, -0.1) is 0 Å². The lowest BCUT2D eigenvalue weighted by Gasteiger charge is -2.27. The van der Waals surface area contributed by atoms with E-state index in [9.17, 15) is 9.90 Å². The molecule has 1 aliphatic carbocycles. The molecule has 26 heavy (non-hydrogen) atoms. The Balaban J connectivity index is 1.46. The first-order valence-electron chi connectivity index (χ1n) is 9.09. The van der Waals surface area contributed by atoms with Crippen LogP contribution in [0, 0.1) is 5.92 Å². The average Bonchev–Trinajstić information content (AvgIpc) is 3.17. The lowest BCUT2D eigenvalue weighted by molar-refractivity contribution is 0.0914. The fourth-order valence-corrected chi connectivity index (χ4v) is 3.66. The molecule has 5 heteroatoms. The number of carbonyl (C=O) groups excluding carboxylic acids is 1. The van der Waals surface area contributed by atoms with E-state index in [4.69, 9.17) is 4.42 Å². The van der Waals surface area contributed by atoms with E-state index < -0.39 is 0 Å². The van der Waals surface area contributed by atoms with E-state index >= 15 is 0 Å². The molecular formula is C21H22N2O3. The molecule has 0 atom stereocenters. The molecule has 0 aliphatic heterocycles. The smallest absolute Gasteiger partial charge is 0.251 e. The zero-order valence-electron chi connectivity index (χ0n) is 14.5. The Morgan fingerprint density at radius 2 is 1.88 bits per heavy atom. The monoisotopic (exact) mass is 350 g/mol. The number of rotatable bonds is 4. The van der Waals surface area contributed by atoms with Gasteiger partial charge in [-0.25, -0.2) is 0 Å². The normalized spacial score (nSPS) is 20.2. The van der Waals surface area contributed by atoms with Gasteiger partial charge in [0.1, 0.15) is 5.58 Å². The summed E-state index contributed by atoms with van der Waals surface area (Å²) < 4.78 is 5.42. The summed E-state index contributed by atoms with van der Waals surface area (Å²) in [5.74, 6) is 0.346. The molecule has 1 aromatic carbocycles. The number of aliphatic hydroxyl groups is 1. The Hall–Kier alpha value is -2.66. The summed E-state index contributed by atoms with van der Waals surface area (Å²) in [6.45, 7) is 0.250.